The molecule has 7 nitrogen and oxygen atoms in total. The summed E-state index contributed by atoms with van der Waals surface area (Å²) in [6.45, 7) is 4.34. The summed E-state index contributed by atoms with van der Waals surface area (Å²) in [6, 6.07) is 0. The van der Waals surface area contributed by atoms with Gasteiger partial charge in [0.2, 0.25) is 0 Å². The molecular weight excluding hydrogens is 256 g/mol. The lowest BCUT2D eigenvalue weighted by molar-refractivity contribution is 0.0500. The molecule has 0 saturated carbocycles. The number of hydrogen-bond donors (Lipinski definition) is 3. The molecule has 120 valence electrons. The zero-order valence-corrected chi connectivity index (χ0v) is 12.5. The van der Waals surface area contributed by atoms with Crippen LogP contribution in [0.1, 0.15) is 6.92 Å². The molecule has 19 heavy (non-hydrogen) atoms. The van der Waals surface area contributed by atoms with E-state index >= 15 is 0 Å². The molecular formula is C12H30O7. The zero-order valence-electron chi connectivity index (χ0n) is 12.5. The maximum atomic E-state index is 8.43. The molecule has 0 saturated heterocycles. The summed E-state index contributed by atoms with van der Waals surface area (Å²) >= 11 is 0. The van der Waals surface area contributed by atoms with Gasteiger partial charge in [-0.05, 0) is 6.92 Å². The van der Waals surface area contributed by atoms with E-state index in [4.69, 9.17) is 20.1 Å². The standard InChI is InChI=1S/C5H12O3.C4H10O2.C3H8O2/c1-7-4-5-8-3-2-6;1-4(5)3-6-2;1-5-3-2-4/h6H,2-5H2,1H3;4-5H,3H2,1-2H3;4H,2-3H2,1H3. The third kappa shape index (κ3) is 46.3. The number of methoxy groups -OCH3 is 3. The quantitative estimate of drug-likeness (QED) is 0.481. The first-order valence-electron chi connectivity index (χ1n) is 6.04. The SMILES string of the molecule is COCC(C)O.COCCO.COCCOCCO. The van der Waals surface area contributed by atoms with Gasteiger partial charge in [-0.2, -0.15) is 0 Å². The summed E-state index contributed by atoms with van der Waals surface area (Å²) in [7, 11) is 4.73. The first-order chi connectivity index (χ1) is 9.10. The molecule has 0 aliphatic rings. The smallest absolute Gasteiger partial charge is 0.0745 e. The number of hydrogen-bond acceptors (Lipinski definition) is 7. The second-order valence-corrected chi connectivity index (χ2v) is 3.35. The van der Waals surface area contributed by atoms with Crippen LogP contribution in [0.5, 0.6) is 0 Å². The lowest BCUT2D eigenvalue weighted by atomic mass is 10.5. The van der Waals surface area contributed by atoms with Gasteiger partial charge in [-0.15, -0.1) is 0 Å². The Hall–Kier alpha value is -0.280. The van der Waals surface area contributed by atoms with E-state index in [1.165, 1.54) is 0 Å². The molecule has 0 rings (SSSR count). The van der Waals surface area contributed by atoms with E-state index in [0.717, 1.165) is 0 Å². The van der Waals surface area contributed by atoms with E-state index in [-0.39, 0.29) is 19.3 Å². The van der Waals surface area contributed by atoms with E-state index in [2.05, 4.69) is 14.2 Å². The van der Waals surface area contributed by atoms with Gasteiger partial charge in [-0.1, -0.05) is 0 Å². The highest BCUT2D eigenvalue weighted by Crippen LogP contribution is 1.75. The number of aliphatic hydroxyl groups is 3. The van der Waals surface area contributed by atoms with Crippen molar-refractivity contribution < 1.29 is 34.3 Å². The molecule has 0 aliphatic carbocycles. The summed E-state index contributed by atoms with van der Waals surface area (Å²) in [5.41, 5.74) is 0. The molecule has 0 fully saturated rings. The van der Waals surface area contributed by atoms with Crippen LogP contribution in [0.2, 0.25) is 0 Å². The lowest BCUT2D eigenvalue weighted by Gasteiger charge is -1.98. The fourth-order valence-corrected chi connectivity index (χ4v) is 0.641. The Balaban J connectivity index is -0.000000209. The molecule has 0 aromatic rings. The fourth-order valence-electron chi connectivity index (χ4n) is 0.641. The molecule has 0 radical (unpaired) electrons. The van der Waals surface area contributed by atoms with Crippen LogP contribution in [0.3, 0.4) is 0 Å². The van der Waals surface area contributed by atoms with Crippen LogP contribution in [-0.4, -0.2) is 89.0 Å². The van der Waals surface area contributed by atoms with Gasteiger partial charge in [-0.3, -0.25) is 0 Å². The Bertz CT molecular complexity index is 115. The van der Waals surface area contributed by atoms with E-state index in [1.54, 1.807) is 28.3 Å². The number of rotatable bonds is 9. The minimum atomic E-state index is -0.324. The predicted molar refractivity (Wildman–Crippen MR) is 72.3 cm³/mol. The molecule has 0 aliphatic heterocycles. The molecule has 7 heteroatoms. The van der Waals surface area contributed by atoms with E-state index in [9.17, 15) is 0 Å². The molecule has 1 atom stereocenters. The Morgan fingerprint density at radius 1 is 0.789 bits per heavy atom. The Morgan fingerprint density at radius 2 is 1.32 bits per heavy atom. The van der Waals surface area contributed by atoms with Crippen molar-refractivity contribution in [2.45, 2.75) is 13.0 Å². The van der Waals surface area contributed by atoms with Crippen LogP contribution in [0.15, 0.2) is 0 Å². The number of aliphatic hydroxyl groups excluding tert-OH is 3. The topological polar surface area (TPSA) is 97.6 Å². The fraction of sp³-hybridized carbons (Fsp3) is 1.00. The van der Waals surface area contributed by atoms with E-state index < -0.39 is 0 Å². The minimum absolute atomic E-state index is 0.0870. The monoisotopic (exact) mass is 286 g/mol. The maximum absolute atomic E-state index is 8.43. The molecule has 1 unspecified atom stereocenters. The Morgan fingerprint density at radius 3 is 1.53 bits per heavy atom. The minimum Gasteiger partial charge on any atom is -0.394 e. The predicted octanol–water partition coefficient (Wildman–Crippen LogP) is -0.720. The molecule has 0 aromatic carbocycles. The van der Waals surface area contributed by atoms with Crippen LogP contribution >= 0.6 is 0 Å². The highest BCUT2D eigenvalue weighted by molar-refractivity contribution is 4.36. The second-order valence-electron chi connectivity index (χ2n) is 3.35. The number of ether oxygens (including phenoxy) is 4. The van der Waals surface area contributed by atoms with Crippen LogP contribution in [-0.2, 0) is 18.9 Å². The normalized spacial score (nSPS) is 10.9. The van der Waals surface area contributed by atoms with Crippen LogP contribution in [0.4, 0.5) is 0 Å². The Labute approximate surface area is 116 Å². The first kappa shape index (κ1) is 23.8. The van der Waals surface area contributed by atoms with Crippen molar-refractivity contribution in [3.05, 3.63) is 0 Å². The molecule has 0 amide bonds. The van der Waals surface area contributed by atoms with Crippen molar-refractivity contribution in [3.63, 3.8) is 0 Å². The second kappa shape index (κ2) is 26.3. The van der Waals surface area contributed by atoms with Crippen LogP contribution in [0.25, 0.3) is 0 Å². The molecule has 0 bridgehead atoms. The average molecular weight is 286 g/mol. The van der Waals surface area contributed by atoms with Crippen molar-refractivity contribution in [3.8, 4) is 0 Å². The van der Waals surface area contributed by atoms with Crippen molar-refractivity contribution in [2.24, 2.45) is 0 Å². The Kier molecular flexibility index (Phi) is 32.9. The van der Waals surface area contributed by atoms with Crippen molar-refractivity contribution >= 4 is 0 Å². The molecule has 0 spiro atoms. The van der Waals surface area contributed by atoms with Gasteiger partial charge in [-0.25, -0.2) is 0 Å². The van der Waals surface area contributed by atoms with Crippen molar-refractivity contribution in [1.82, 2.24) is 0 Å². The van der Waals surface area contributed by atoms with Gasteiger partial charge in [0.15, 0.2) is 0 Å². The molecule has 0 heterocycles. The maximum Gasteiger partial charge on any atom is 0.0745 e. The summed E-state index contributed by atoms with van der Waals surface area (Å²) in [4.78, 5) is 0. The van der Waals surface area contributed by atoms with Crippen LogP contribution in [0, 0.1) is 0 Å². The lowest BCUT2D eigenvalue weighted by Crippen LogP contribution is -2.07. The average Bonchev–Trinajstić information content (AvgIpc) is 2.37. The molecule has 3 N–H and O–H groups in total. The first-order valence-corrected chi connectivity index (χ1v) is 6.04. The summed E-state index contributed by atoms with van der Waals surface area (Å²) in [5.74, 6) is 0. The summed E-state index contributed by atoms with van der Waals surface area (Å²) in [6.07, 6.45) is -0.324. The van der Waals surface area contributed by atoms with Crippen LogP contribution < -0.4 is 0 Å². The van der Waals surface area contributed by atoms with E-state index in [0.29, 0.717) is 33.0 Å². The van der Waals surface area contributed by atoms with Crippen molar-refractivity contribution in [1.29, 1.82) is 0 Å². The third-order valence-electron chi connectivity index (χ3n) is 1.37. The highest BCUT2D eigenvalue weighted by Gasteiger charge is 1.87. The highest BCUT2D eigenvalue weighted by atomic mass is 16.5. The van der Waals surface area contributed by atoms with E-state index in [1.807, 2.05) is 0 Å². The van der Waals surface area contributed by atoms with Gasteiger partial charge in [0, 0.05) is 21.3 Å². The summed E-state index contributed by atoms with van der Waals surface area (Å²) in [5, 5.41) is 24.6. The van der Waals surface area contributed by atoms with Gasteiger partial charge >= 0.3 is 0 Å². The molecule has 0 aromatic heterocycles. The zero-order chi connectivity index (χ0) is 15.4. The van der Waals surface area contributed by atoms with Gasteiger partial charge < -0.3 is 34.3 Å². The third-order valence-corrected chi connectivity index (χ3v) is 1.37. The summed E-state index contributed by atoms with van der Waals surface area (Å²) < 4.78 is 18.5. The van der Waals surface area contributed by atoms with Gasteiger partial charge in [0.05, 0.1) is 52.4 Å². The van der Waals surface area contributed by atoms with Gasteiger partial charge in [0.25, 0.3) is 0 Å². The van der Waals surface area contributed by atoms with Crippen molar-refractivity contribution in [2.75, 3.05) is 67.6 Å². The van der Waals surface area contributed by atoms with Gasteiger partial charge in [0.1, 0.15) is 0 Å². The largest absolute Gasteiger partial charge is 0.394 e.